The summed E-state index contributed by atoms with van der Waals surface area (Å²) in [4.78, 5) is 23.6. The zero-order valence-electron chi connectivity index (χ0n) is 18.3. The van der Waals surface area contributed by atoms with Crippen molar-refractivity contribution in [3.63, 3.8) is 0 Å². The summed E-state index contributed by atoms with van der Waals surface area (Å²) in [6.45, 7) is 7.41. The van der Waals surface area contributed by atoms with E-state index in [1.807, 2.05) is 25.7 Å². The standard InChI is InChI=1S/C21H29N5O4S/c1-21(2,3)16-9-8-15(19(23-16)26-12-10-14(30-4)11-13-26)20(27)25-31(28,29)18-7-5-6-17(22)24-18/h5-9,14H,10-13H2,1-4H3,(H2,22,24)(H,25,27). The molecule has 168 valence electrons. The van der Waals surface area contributed by atoms with E-state index in [9.17, 15) is 13.2 Å². The molecule has 0 radical (unpaired) electrons. The largest absolute Gasteiger partial charge is 0.384 e. The van der Waals surface area contributed by atoms with Crippen LogP contribution in [0.3, 0.4) is 0 Å². The molecule has 3 rings (SSSR count). The highest BCUT2D eigenvalue weighted by atomic mass is 32.2. The van der Waals surface area contributed by atoms with E-state index in [0.29, 0.717) is 18.9 Å². The van der Waals surface area contributed by atoms with Gasteiger partial charge in [-0.05, 0) is 37.1 Å². The lowest BCUT2D eigenvalue weighted by Gasteiger charge is -2.34. The summed E-state index contributed by atoms with van der Waals surface area (Å²) >= 11 is 0. The maximum absolute atomic E-state index is 13.0. The average molecular weight is 448 g/mol. The zero-order valence-corrected chi connectivity index (χ0v) is 19.1. The molecule has 1 aliphatic heterocycles. The number of sulfonamides is 1. The number of aromatic nitrogens is 2. The molecule has 3 N–H and O–H groups in total. The van der Waals surface area contributed by atoms with Gasteiger partial charge in [-0.25, -0.2) is 14.7 Å². The number of pyridine rings is 2. The molecule has 1 fully saturated rings. The first-order chi connectivity index (χ1) is 14.5. The van der Waals surface area contributed by atoms with Crippen molar-refractivity contribution in [2.24, 2.45) is 0 Å². The number of rotatable bonds is 5. The van der Waals surface area contributed by atoms with Crippen molar-refractivity contribution in [2.45, 2.75) is 50.2 Å². The maximum atomic E-state index is 13.0. The summed E-state index contributed by atoms with van der Waals surface area (Å²) in [7, 11) is -2.50. The van der Waals surface area contributed by atoms with Gasteiger partial charge < -0.3 is 15.4 Å². The highest BCUT2D eigenvalue weighted by Gasteiger charge is 2.28. The number of hydrogen-bond acceptors (Lipinski definition) is 8. The summed E-state index contributed by atoms with van der Waals surface area (Å²) < 4.78 is 32.9. The normalized spacial score (nSPS) is 15.7. The lowest BCUT2D eigenvalue weighted by atomic mass is 9.91. The van der Waals surface area contributed by atoms with Crippen molar-refractivity contribution in [1.29, 1.82) is 0 Å². The molecule has 0 aliphatic carbocycles. The molecule has 2 aromatic rings. The first kappa shape index (κ1) is 23.0. The van der Waals surface area contributed by atoms with Crippen LogP contribution in [0.5, 0.6) is 0 Å². The van der Waals surface area contributed by atoms with Gasteiger partial charge in [-0.3, -0.25) is 4.79 Å². The Labute approximate surface area is 183 Å². The van der Waals surface area contributed by atoms with E-state index in [2.05, 4.69) is 9.71 Å². The molecule has 10 heteroatoms. The van der Waals surface area contributed by atoms with Crippen molar-refractivity contribution in [3.8, 4) is 0 Å². The number of ether oxygens (including phenoxy) is 1. The second kappa shape index (κ2) is 8.80. The summed E-state index contributed by atoms with van der Waals surface area (Å²) in [5, 5.41) is -0.317. The van der Waals surface area contributed by atoms with Gasteiger partial charge in [-0.15, -0.1) is 0 Å². The predicted octanol–water partition coefficient (Wildman–Crippen LogP) is 2.09. The van der Waals surface area contributed by atoms with Crippen LogP contribution < -0.4 is 15.4 Å². The van der Waals surface area contributed by atoms with E-state index in [1.165, 1.54) is 18.2 Å². The zero-order chi connectivity index (χ0) is 22.8. The number of anilines is 2. The second-order valence-corrected chi connectivity index (χ2v) is 10.2. The van der Waals surface area contributed by atoms with Gasteiger partial charge in [0.25, 0.3) is 15.9 Å². The van der Waals surface area contributed by atoms with Crippen LogP contribution in [0.1, 0.15) is 49.7 Å². The van der Waals surface area contributed by atoms with Crippen LogP contribution in [0, 0.1) is 0 Å². The predicted molar refractivity (Wildman–Crippen MR) is 118 cm³/mol. The molecule has 9 nitrogen and oxygen atoms in total. The molecule has 1 saturated heterocycles. The molecule has 0 atom stereocenters. The van der Waals surface area contributed by atoms with E-state index in [-0.39, 0.29) is 27.9 Å². The average Bonchev–Trinajstić information content (AvgIpc) is 2.72. The van der Waals surface area contributed by atoms with Crippen molar-refractivity contribution in [3.05, 3.63) is 41.6 Å². The van der Waals surface area contributed by atoms with Gasteiger partial charge >= 0.3 is 0 Å². The first-order valence-corrected chi connectivity index (χ1v) is 11.6. The molecule has 0 unspecified atom stereocenters. The Morgan fingerprint density at radius 2 is 1.84 bits per heavy atom. The van der Waals surface area contributed by atoms with Crippen LogP contribution in [-0.4, -0.2) is 50.6 Å². The number of carbonyl (C=O) groups excluding carboxylic acids is 1. The molecule has 3 heterocycles. The smallest absolute Gasteiger partial charge is 0.281 e. The monoisotopic (exact) mass is 447 g/mol. The minimum Gasteiger partial charge on any atom is -0.384 e. The van der Waals surface area contributed by atoms with Crippen LogP contribution in [0.2, 0.25) is 0 Å². The topological polar surface area (TPSA) is 128 Å². The van der Waals surface area contributed by atoms with E-state index < -0.39 is 15.9 Å². The lowest BCUT2D eigenvalue weighted by Crippen LogP contribution is -2.39. The van der Waals surface area contributed by atoms with Gasteiger partial charge in [0.1, 0.15) is 11.6 Å². The second-order valence-electron chi connectivity index (χ2n) is 8.58. The fourth-order valence-corrected chi connectivity index (χ4v) is 4.34. The lowest BCUT2D eigenvalue weighted by molar-refractivity contribution is 0.0817. The summed E-state index contributed by atoms with van der Waals surface area (Å²) in [6, 6.07) is 7.60. The third-order valence-electron chi connectivity index (χ3n) is 5.21. The number of carbonyl (C=O) groups is 1. The van der Waals surface area contributed by atoms with Crippen molar-refractivity contribution >= 4 is 27.6 Å². The summed E-state index contributed by atoms with van der Waals surface area (Å²) in [6.07, 6.45) is 1.75. The van der Waals surface area contributed by atoms with Gasteiger partial charge in [-0.2, -0.15) is 8.42 Å². The number of amides is 1. The minimum atomic E-state index is -4.19. The van der Waals surface area contributed by atoms with E-state index in [4.69, 9.17) is 15.5 Å². The van der Waals surface area contributed by atoms with Gasteiger partial charge in [0, 0.05) is 31.3 Å². The van der Waals surface area contributed by atoms with Crippen LogP contribution in [0.4, 0.5) is 11.6 Å². The number of nitrogens with one attached hydrogen (secondary N) is 1. The Hall–Kier alpha value is -2.72. The molecular formula is C21H29N5O4S. The Kier molecular flexibility index (Phi) is 6.51. The SMILES string of the molecule is COC1CCN(c2nc(C(C)(C)C)ccc2C(=O)NS(=O)(=O)c2cccc(N)n2)CC1. The van der Waals surface area contributed by atoms with E-state index in [1.54, 1.807) is 19.2 Å². The van der Waals surface area contributed by atoms with E-state index in [0.717, 1.165) is 18.5 Å². The molecule has 2 aromatic heterocycles. The number of hydrogen-bond donors (Lipinski definition) is 2. The molecule has 0 spiro atoms. The third-order valence-corrected chi connectivity index (χ3v) is 6.44. The van der Waals surface area contributed by atoms with Gasteiger partial charge in [0.05, 0.1) is 11.7 Å². The molecule has 0 aromatic carbocycles. The quantitative estimate of drug-likeness (QED) is 0.713. The summed E-state index contributed by atoms with van der Waals surface area (Å²) in [5.41, 5.74) is 6.36. The Morgan fingerprint density at radius 3 is 2.42 bits per heavy atom. The Balaban J connectivity index is 1.94. The maximum Gasteiger partial charge on any atom is 0.281 e. The van der Waals surface area contributed by atoms with Crippen LogP contribution >= 0.6 is 0 Å². The van der Waals surface area contributed by atoms with Crippen LogP contribution in [0.15, 0.2) is 35.4 Å². The van der Waals surface area contributed by atoms with Crippen LogP contribution in [-0.2, 0) is 20.2 Å². The number of nitrogen functional groups attached to an aromatic ring is 1. The summed E-state index contributed by atoms with van der Waals surface area (Å²) in [5.74, 6) is -0.246. The fraction of sp³-hybridized carbons (Fsp3) is 0.476. The molecule has 1 aliphatic rings. The number of nitrogens with two attached hydrogens (primary N) is 1. The third kappa shape index (κ3) is 5.31. The number of methoxy groups -OCH3 is 1. The minimum absolute atomic E-state index is 0.0493. The number of piperidine rings is 1. The van der Waals surface area contributed by atoms with Crippen molar-refractivity contribution in [2.75, 3.05) is 30.8 Å². The highest BCUT2D eigenvalue weighted by molar-refractivity contribution is 7.90. The van der Waals surface area contributed by atoms with E-state index >= 15 is 0 Å². The Bertz CT molecular complexity index is 1060. The van der Waals surface area contributed by atoms with Gasteiger partial charge in [0.2, 0.25) is 0 Å². The fourth-order valence-electron chi connectivity index (χ4n) is 3.40. The van der Waals surface area contributed by atoms with Gasteiger partial charge in [0.15, 0.2) is 5.03 Å². The highest BCUT2D eigenvalue weighted by Crippen LogP contribution is 2.28. The molecular weight excluding hydrogens is 418 g/mol. The molecule has 0 saturated carbocycles. The van der Waals surface area contributed by atoms with Gasteiger partial charge in [-0.1, -0.05) is 26.8 Å². The van der Waals surface area contributed by atoms with Crippen LogP contribution in [0.25, 0.3) is 0 Å². The molecule has 31 heavy (non-hydrogen) atoms. The molecule has 0 bridgehead atoms. The number of nitrogens with zero attached hydrogens (tertiary/aromatic N) is 3. The first-order valence-electron chi connectivity index (χ1n) is 10.1. The van der Waals surface area contributed by atoms with Crippen molar-refractivity contribution < 1.29 is 17.9 Å². The van der Waals surface area contributed by atoms with Crippen molar-refractivity contribution in [1.82, 2.24) is 14.7 Å². The Morgan fingerprint density at radius 1 is 1.16 bits per heavy atom. The molecule has 1 amide bonds.